The summed E-state index contributed by atoms with van der Waals surface area (Å²) in [6, 6.07) is 6.77. The molecule has 0 bridgehead atoms. The Hall–Kier alpha value is -3.62. The zero-order chi connectivity index (χ0) is 26.4. The average molecular weight is 494 g/mol. The second kappa shape index (κ2) is 9.44. The molecule has 2 amide bonds. The summed E-state index contributed by atoms with van der Waals surface area (Å²) >= 11 is 0. The van der Waals surface area contributed by atoms with Gasteiger partial charge in [-0.15, -0.1) is 0 Å². The van der Waals surface area contributed by atoms with Gasteiger partial charge in [0.15, 0.2) is 0 Å². The molecule has 36 heavy (non-hydrogen) atoms. The molecule has 1 unspecified atom stereocenters. The SMILES string of the molecule is CNC(=O)c1ccc(-n2c(=O)c3c(n4ncc(CC(C)C)c24)CN(C(=O)OC(C)(C)C)C(C)C3)cc1. The van der Waals surface area contributed by atoms with Gasteiger partial charge in [0.25, 0.3) is 11.5 Å². The molecule has 0 aliphatic carbocycles. The first-order valence-corrected chi connectivity index (χ1v) is 12.4. The highest BCUT2D eigenvalue weighted by Gasteiger charge is 2.34. The molecule has 1 atom stereocenters. The van der Waals surface area contributed by atoms with Gasteiger partial charge >= 0.3 is 6.09 Å². The minimum absolute atomic E-state index is 0.133. The van der Waals surface area contributed by atoms with Crippen LogP contribution >= 0.6 is 0 Å². The zero-order valence-corrected chi connectivity index (χ0v) is 22.1. The monoisotopic (exact) mass is 493 g/mol. The number of hydrogen-bond donors (Lipinski definition) is 1. The summed E-state index contributed by atoms with van der Waals surface area (Å²) in [4.78, 5) is 40.7. The number of hydrogen-bond acceptors (Lipinski definition) is 5. The number of carbonyl (C=O) groups excluding carboxylic acids is 2. The number of amides is 2. The molecule has 0 saturated carbocycles. The van der Waals surface area contributed by atoms with E-state index in [9.17, 15) is 14.4 Å². The molecule has 3 heterocycles. The molecule has 1 aromatic carbocycles. The summed E-state index contributed by atoms with van der Waals surface area (Å²) in [6.07, 6.45) is 2.53. The van der Waals surface area contributed by atoms with E-state index in [1.54, 1.807) is 51.5 Å². The molecular formula is C27H35N5O4. The number of nitrogens with one attached hydrogen (secondary N) is 1. The third-order valence-corrected chi connectivity index (χ3v) is 6.32. The molecule has 1 aliphatic rings. The minimum Gasteiger partial charge on any atom is -0.444 e. The number of carbonyl (C=O) groups is 2. The molecule has 1 N–H and O–H groups in total. The number of aromatic nitrogens is 3. The van der Waals surface area contributed by atoms with Gasteiger partial charge in [0.2, 0.25) is 0 Å². The van der Waals surface area contributed by atoms with Gasteiger partial charge in [-0.1, -0.05) is 13.8 Å². The van der Waals surface area contributed by atoms with Gasteiger partial charge in [-0.3, -0.25) is 19.1 Å². The number of rotatable bonds is 4. The number of fused-ring (bicyclic) bond motifs is 3. The van der Waals surface area contributed by atoms with Crippen molar-refractivity contribution in [3.8, 4) is 5.69 Å². The Morgan fingerprint density at radius 3 is 2.44 bits per heavy atom. The Morgan fingerprint density at radius 1 is 1.19 bits per heavy atom. The normalized spacial score (nSPS) is 15.8. The van der Waals surface area contributed by atoms with E-state index in [1.165, 1.54) is 0 Å². The Labute approximate surface area is 211 Å². The Bertz CT molecular complexity index is 1360. The van der Waals surface area contributed by atoms with E-state index in [0.29, 0.717) is 40.5 Å². The standard InChI is InChI=1S/C27H35N5O4/c1-16(2)12-19-14-29-32-22-15-30(26(35)36-27(4,5)6)17(3)13-21(22)25(34)31(24(19)32)20-10-8-18(9-11-20)23(33)28-7/h8-11,14,16-17H,12-13,15H2,1-7H3,(H,28,33). The largest absolute Gasteiger partial charge is 0.444 e. The Kier molecular flexibility index (Phi) is 6.68. The Balaban J connectivity index is 1.90. The van der Waals surface area contributed by atoms with Crippen LogP contribution in [-0.4, -0.2) is 49.8 Å². The summed E-state index contributed by atoms with van der Waals surface area (Å²) in [7, 11) is 1.58. The lowest BCUT2D eigenvalue weighted by molar-refractivity contribution is 0.0131. The fourth-order valence-electron chi connectivity index (χ4n) is 4.68. The molecule has 9 heteroatoms. The lowest BCUT2D eigenvalue weighted by atomic mass is 9.99. The summed E-state index contributed by atoms with van der Waals surface area (Å²) in [5.74, 6) is 0.164. The maximum atomic E-state index is 14.0. The molecule has 1 aliphatic heterocycles. The second-order valence-corrected chi connectivity index (χ2v) is 10.9. The average Bonchev–Trinajstić information content (AvgIpc) is 3.20. The predicted octanol–water partition coefficient (Wildman–Crippen LogP) is 3.73. The van der Waals surface area contributed by atoms with Crippen LogP contribution < -0.4 is 10.9 Å². The molecular weight excluding hydrogens is 458 g/mol. The number of benzene rings is 1. The topological polar surface area (TPSA) is 97.9 Å². The van der Waals surface area contributed by atoms with E-state index < -0.39 is 11.7 Å². The van der Waals surface area contributed by atoms with Gasteiger partial charge in [-0.25, -0.2) is 9.31 Å². The number of ether oxygens (including phenoxy) is 1. The van der Waals surface area contributed by atoms with Gasteiger partial charge < -0.3 is 10.1 Å². The first-order valence-electron chi connectivity index (χ1n) is 12.4. The molecule has 9 nitrogen and oxygen atoms in total. The van der Waals surface area contributed by atoms with Crippen LogP contribution in [0, 0.1) is 5.92 Å². The lowest BCUT2D eigenvalue weighted by Gasteiger charge is -2.36. The maximum Gasteiger partial charge on any atom is 0.410 e. The Morgan fingerprint density at radius 2 is 1.86 bits per heavy atom. The smallest absolute Gasteiger partial charge is 0.410 e. The highest BCUT2D eigenvalue weighted by molar-refractivity contribution is 5.94. The van der Waals surface area contributed by atoms with Gasteiger partial charge in [-0.05, 0) is 64.3 Å². The van der Waals surface area contributed by atoms with Crippen molar-refractivity contribution < 1.29 is 14.3 Å². The van der Waals surface area contributed by atoms with Crippen molar-refractivity contribution >= 4 is 17.6 Å². The van der Waals surface area contributed by atoms with Crippen LogP contribution in [0.4, 0.5) is 4.79 Å². The molecule has 0 radical (unpaired) electrons. The highest BCUT2D eigenvalue weighted by Crippen LogP contribution is 2.27. The van der Waals surface area contributed by atoms with E-state index in [-0.39, 0.29) is 24.1 Å². The predicted molar refractivity (Wildman–Crippen MR) is 138 cm³/mol. The van der Waals surface area contributed by atoms with Gasteiger partial charge in [0, 0.05) is 36.2 Å². The van der Waals surface area contributed by atoms with Crippen molar-refractivity contribution in [2.45, 2.75) is 72.6 Å². The van der Waals surface area contributed by atoms with Crippen molar-refractivity contribution in [3.05, 3.63) is 63.2 Å². The third kappa shape index (κ3) is 4.74. The minimum atomic E-state index is -0.618. The van der Waals surface area contributed by atoms with Crippen LogP contribution in [0.3, 0.4) is 0 Å². The van der Waals surface area contributed by atoms with Gasteiger partial charge in [-0.2, -0.15) is 5.10 Å². The van der Waals surface area contributed by atoms with Crippen LogP contribution in [0.15, 0.2) is 35.3 Å². The summed E-state index contributed by atoms with van der Waals surface area (Å²) < 4.78 is 9.12. The number of nitrogens with zero attached hydrogens (tertiary/aromatic N) is 4. The van der Waals surface area contributed by atoms with Crippen LogP contribution in [0.1, 0.15) is 68.7 Å². The van der Waals surface area contributed by atoms with Crippen LogP contribution in [0.2, 0.25) is 0 Å². The fourth-order valence-corrected chi connectivity index (χ4v) is 4.68. The summed E-state index contributed by atoms with van der Waals surface area (Å²) in [6.45, 7) is 11.9. The van der Waals surface area contributed by atoms with E-state index in [2.05, 4.69) is 24.3 Å². The van der Waals surface area contributed by atoms with E-state index in [1.807, 2.05) is 27.7 Å². The lowest BCUT2D eigenvalue weighted by Crippen LogP contribution is -2.48. The molecule has 0 saturated heterocycles. The van der Waals surface area contributed by atoms with Gasteiger partial charge in [0.1, 0.15) is 11.2 Å². The highest BCUT2D eigenvalue weighted by atomic mass is 16.6. The quantitative estimate of drug-likeness (QED) is 0.597. The molecule has 3 aromatic rings. The van der Waals surface area contributed by atoms with Crippen LogP contribution in [-0.2, 0) is 24.1 Å². The van der Waals surface area contributed by atoms with Gasteiger partial charge in [0.05, 0.1) is 24.1 Å². The molecule has 0 spiro atoms. The second-order valence-electron chi connectivity index (χ2n) is 10.9. The van der Waals surface area contributed by atoms with E-state index in [0.717, 1.165) is 12.0 Å². The first kappa shape index (κ1) is 25.5. The maximum absolute atomic E-state index is 14.0. The van der Waals surface area contributed by atoms with Crippen molar-refractivity contribution in [1.82, 2.24) is 24.4 Å². The zero-order valence-electron chi connectivity index (χ0n) is 22.1. The van der Waals surface area contributed by atoms with Crippen molar-refractivity contribution in [1.29, 1.82) is 0 Å². The summed E-state index contributed by atoms with van der Waals surface area (Å²) in [5, 5.41) is 7.30. The van der Waals surface area contributed by atoms with E-state index >= 15 is 0 Å². The first-order chi connectivity index (χ1) is 16.9. The van der Waals surface area contributed by atoms with Crippen molar-refractivity contribution in [2.75, 3.05) is 7.05 Å². The van der Waals surface area contributed by atoms with E-state index in [4.69, 9.17) is 4.74 Å². The molecule has 2 aromatic heterocycles. The fraction of sp³-hybridized carbons (Fsp3) is 0.481. The third-order valence-electron chi connectivity index (χ3n) is 6.32. The summed E-state index contributed by atoms with van der Waals surface area (Å²) in [5.41, 5.74) is 3.38. The molecule has 0 fully saturated rings. The van der Waals surface area contributed by atoms with Crippen molar-refractivity contribution in [3.63, 3.8) is 0 Å². The van der Waals surface area contributed by atoms with Crippen LogP contribution in [0.25, 0.3) is 11.3 Å². The van der Waals surface area contributed by atoms with Crippen molar-refractivity contribution in [2.24, 2.45) is 5.92 Å². The molecule has 4 rings (SSSR count). The van der Waals surface area contributed by atoms with Crippen LogP contribution in [0.5, 0.6) is 0 Å². The molecule has 192 valence electrons.